The van der Waals surface area contributed by atoms with E-state index in [1.807, 2.05) is 0 Å². The highest BCUT2D eigenvalue weighted by Gasteiger charge is 2.47. The number of rotatable bonds is 3. The molecule has 0 N–H and O–H groups in total. The van der Waals surface area contributed by atoms with E-state index in [2.05, 4.69) is 0 Å². The van der Waals surface area contributed by atoms with Crippen molar-refractivity contribution < 1.29 is 29.8 Å². The number of methoxy groups -OCH3 is 2. The highest BCUT2D eigenvalue weighted by Crippen LogP contribution is 2.33. The molecule has 0 amide bonds. The third-order valence-corrected chi connectivity index (χ3v) is 2.53. The lowest BCUT2D eigenvalue weighted by Gasteiger charge is -2.21. The van der Waals surface area contributed by atoms with Gasteiger partial charge in [-0.2, -0.15) is 0 Å². The fraction of sp³-hybridized carbons (Fsp3) is 0.727. The number of hydrogen-bond acceptors (Lipinski definition) is 6. The Labute approximate surface area is 101 Å². The summed E-state index contributed by atoms with van der Waals surface area (Å²) >= 11 is 0. The molecule has 2 aliphatic heterocycles. The summed E-state index contributed by atoms with van der Waals surface area (Å²) in [6, 6.07) is 0. The Morgan fingerprint density at radius 1 is 1.41 bits per heavy atom. The predicted molar refractivity (Wildman–Crippen MR) is 55.8 cm³/mol. The fourth-order valence-electron chi connectivity index (χ4n) is 1.79. The molecule has 2 heterocycles. The number of ether oxygens (including phenoxy) is 5. The number of esters is 1. The van der Waals surface area contributed by atoms with Crippen LogP contribution in [0.5, 0.6) is 0 Å². The second-order valence-electron chi connectivity index (χ2n) is 4.14. The molecule has 2 atom stereocenters. The molecule has 1 fully saturated rings. The number of carbonyl (C=O) groups is 1. The maximum atomic E-state index is 11.6. The van der Waals surface area contributed by atoms with Crippen LogP contribution >= 0.6 is 0 Å². The molecule has 0 spiro atoms. The molecule has 0 aliphatic carbocycles. The maximum absolute atomic E-state index is 11.6. The van der Waals surface area contributed by atoms with Crippen LogP contribution in [0.3, 0.4) is 0 Å². The lowest BCUT2D eigenvalue weighted by molar-refractivity contribution is -0.163. The van der Waals surface area contributed by atoms with Crippen molar-refractivity contribution in [2.75, 3.05) is 20.8 Å². The van der Waals surface area contributed by atoms with Crippen molar-refractivity contribution in [3.63, 3.8) is 0 Å². The molecule has 96 valence electrons. The Balaban J connectivity index is 2.32. The second-order valence-corrected chi connectivity index (χ2v) is 4.14. The number of cyclic esters (lactones) is 1. The van der Waals surface area contributed by atoms with Crippen LogP contribution in [-0.2, 0) is 28.5 Å². The lowest BCUT2D eigenvalue weighted by atomic mass is 10.2. The Morgan fingerprint density at radius 3 is 2.59 bits per heavy atom. The van der Waals surface area contributed by atoms with Crippen molar-refractivity contribution in [2.24, 2.45) is 0 Å². The van der Waals surface area contributed by atoms with Gasteiger partial charge in [0.05, 0.1) is 22.2 Å². The van der Waals surface area contributed by atoms with E-state index in [0.717, 1.165) is 0 Å². The van der Waals surface area contributed by atoms with Crippen molar-refractivity contribution in [3.05, 3.63) is 11.5 Å². The minimum absolute atomic E-state index is 0.00120. The van der Waals surface area contributed by atoms with Gasteiger partial charge in [-0.25, -0.2) is 4.79 Å². The Kier molecular flexibility index (Phi) is 2.68. The minimum Gasteiger partial charge on any atom is -0.493 e. The van der Waals surface area contributed by atoms with Crippen LogP contribution in [0, 0.1) is 0 Å². The van der Waals surface area contributed by atoms with Crippen LogP contribution in [0.2, 0.25) is 0 Å². The monoisotopic (exact) mass is 245 g/mol. The van der Waals surface area contributed by atoms with Gasteiger partial charge in [0.25, 0.3) is 0 Å². The average molecular weight is 245 g/mol. The first-order valence-electron chi connectivity index (χ1n) is 5.72. The highest BCUT2D eigenvalue weighted by atomic mass is 16.8. The molecular formula is C11H16O6. The Bertz CT molecular complexity index is 404. The molecule has 0 aromatic heterocycles. The van der Waals surface area contributed by atoms with Gasteiger partial charge >= 0.3 is 5.97 Å². The quantitative estimate of drug-likeness (QED) is 0.677. The molecule has 0 unspecified atom stereocenters. The third kappa shape index (κ3) is 2.10. The number of hydrogen-bond donors (Lipinski definition) is 0. The fourth-order valence-corrected chi connectivity index (χ4v) is 1.79. The maximum Gasteiger partial charge on any atom is 0.378 e. The average Bonchev–Trinajstić information content (AvgIpc) is 2.76. The second kappa shape index (κ2) is 4.19. The lowest BCUT2D eigenvalue weighted by Crippen LogP contribution is -2.33. The minimum atomic E-state index is -1.77. The summed E-state index contributed by atoms with van der Waals surface area (Å²) in [5.41, 5.74) is 0. The van der Waals surface area contributed by atoms with Crippen LogP contribution in [0.15, 0.2) is 11.5 Å². The van der Waals surface area contributed by atoms with Crippen LogP contribution in [-0.4, -0.2) is 44.8 Å². The van der Waals surface area contributed by atoms with E-state index in [9.17, 15) is 4.79 Å². The van der Waals surface area contributed by atoms with Crippen molar-refractivity contribution >= 4 is 5.97 Å². The molecule has 0 radical (unpaired) electrons. The summed E-state index contributed by atoms with van der Waals surface area (Å²) in [5, 5.41) is 0. The van der Waals surface area contributed by atoms with E-state index in [-0.39, 0.29) is 18.1 Å². The number of carbonyl (C=O) groups excluding carboxylic acids is 1. The van der Waals surface area contributed by atoms with Gasteiger partial charge in [-0.3, -0.25) is 0 Å². The summed E-state index contributed by atoms with van der Waals surface area (Å²) < 4.78 is 34.2. The van der Waals surface area contributed by atoms with Crippen LogP contribution < -0.4 is 0 Å². The molecule has 17 heavy (non-hydrogen) atoms. The largest absolute Gasteiger partial charge is 0.493 e. The molecule has 1 saturated heterocycles. The van der Waals surface area contributed by atoms with Gasteiger partial charge in [0, 0.05) is 0 Å². The van der Waals surface area contributed by atoms with Crippen LogP contribution in [0.25, 0.3) is 0 Å². The molecule has 0 aromatic rings. The van der Waals surface area contributed by atoms with Gasteiger partial charge in [0.15, 0.2) is 17.6 Å². The predicted octanol–water partition coefficient (Wildman–Crippen LogP) is 0.568. The Hall–Kier alpha value is -1.27. The van der Waals surface area contributed by atoms with E-state index in [0.29, 0.717) is 0 Å². The third-order valence-electron chi connectivity index (χ3n) is 2.53. The smallest absolute Gasteiger partial charge is 0.378 e. The molecule has 0 saturated carbocycles. The van der Waals surface area contributed by atoms with Gasteiger partial charge < -0.3 is 23.7 Å². The van der Waals surface area contributed by atoms with Crippen molar-refractivity contribution in [1.29, 1.82) is 0 Å². The molecule has 6 heteroatoms. The first-order chi connectivity index (χ1) is 8.34. The van der Waals surface area contributed by atoms with Crippen molar-refractivity contribution in [3.8, 4) is 0 Å². The van der Waals surface area contributed by atoms with Gasteiger partial charge in [0.2, 0.25) is 5.76 Å². The SMILES string of the molecule is [2H][C@]1([C@@H]2COC(C)(C)O2)OC(=O)C(OC)=C1OC. The summed E-state index contributed by atoms with van der Waals surface area (Å²) in [6.45, 7) is 3.58. The summed E-state index contributed by atoms with van der Waals surface area (Å²) in [5.74, 6) is -1.67. The van der Waals surface area contributed by atoms with E-state index in [1.54, 1.807) is 13.8 Å². The van der Waals surface area contributed by atoms with E-state index in [4.69, 9.17) is 25.1 Å². The zero-order valence-electron chi connectivity index (χ0n) is 11.2. The zero-order chi connectivity index (χ0) is 13.6. The van der Waals surface area contributed by atoms with Gasteiger partial charge in [0.1, 0.15) is 6.10 Å². The van der Waals surface area contributed by atoms with E-state index < -0.39 is 23.9 Å². The van der Waals surface area contributed by atoms with Crippen molar-refractivity contribution in [2.45, 2.75) is 31.8 Å². The topological polar surface area (TPSA) is 63.2 Å². The summed E-state index contributed by atoms with van der Waals surface area (Å²) in [7, 11) is 2.66. The summed E-state index contributed by atoms with van der Waals surface area (Å²) in [4.78, 5) is 11.6. The molecule has 6 nitrogen and oxygen atoms in total. The summed E-state index contributed by atoms with van der Waals surface area (Å²) in [6.07, 6.45) is -2.54. The molecule has 2 rings (SSSR count). The standard InChI is InChI=1S/C11H16O6/c1-11(2)15-5-6(17-11)7-8(13-3)9(14-4)10(12)16-7/h6-7H,5H2,1-4H3/t6-,7+/m0/s1/i7D. The first-order valence-corrected chi connectivity index (χ1v) is 5.22. The zero-order valence-corrected chi connectivity index (χ0v) is 10.2. The van der Waals surface area contributed by atoms with E-state index >= 15 is 0 Å². The highest BCUT2D eigenvalue weighted by molar-refractivity contribution is 5.89. The van der Waals surface area contributed by atoms with Gasteiger partial charge in [-0.05, 0) is 13.8 Å². The van der Waals surface area contributed by atoms with Crippen LogP contribution in [0.1, 0.15) is 15.2 Å². The Morgan fingerprint density at radius 2 is 2.12 bits per heavy atom. The van der Waals surface area contributed by atoms with Crippen LogP contribution in [0.4, 0.5) is 0 Å². The first kappa shape index (κ1) is 10.9. The van der Waals surface area contributed by atoms with Gasteiger partial charge in [-0.15, -0.1) is 0 Å². The normalized spacial score (nSPS) is 36.8. The molecule has 2 aliphatic rings. The van der Waals surface area contributed by atoms with Crippen molar-refractivity contribution in [1.82, 2.24) is 0 Å². The molecule has 0 bridgehead atoms. The molecule has 0 aromatic carbocycles. The molecular weight excluding hydrogens is 228 g/mol. The van der Waals surface area contributed by atoms with Gasteiger partial charge in [-0.1, -0.05) is 0 Å². The van der Waals surface area contributed by atoms with E-state index in [1.165, 1.54) is 14.2 Å².